The Balaban J connectivity index is 1.17. The van der Waals surface area contributed by atoms with Crippen LogP contribution in [0.2, 0.25) is 0 Å². The number of hydrogen-bond donors (Lipinski definition) is 7. The molecule has 294 valence electrons. The molecule has 57 heavy (non-hydrogen) atoms. The van der Waals surface area contributed by atoms with Crippen LogP contribution >= 0.6 is 0 Å². The fourth-order valence-electron chi connectivity index (χ4n) is 4.85. The van der Waals surface area contributed by atoms with E-state index in [1.165, 1.54) is 66.7 Å². The zero-order valence-corrected chi connectivity index (χ0v) is 31.3. The zero-order chi connectivity index (χ0) is 41.3. The average molecular weight is 858 g/mol. The van der Waals surface area contributed by atoms with E-state index in [-0.39, 0.29) is 50.3 Å². The Morgan fingerprint density at radius 3 is 1.51 bits per heavy atom. The number of nitrogens with one attached hydrogen (secondary N) is 2. The van der Waals surface area contributed by atoms with Crippen LogP contribution in [0.4, 0.5) is 46.0 Å². The van der Waals surface area contributed by atoms with Gasteiger partial charge in [0.15, 0.2) is 0 Å². The topological polar surface area (TPSA) is 350 Å². The molecule has 0 aliphatic rings. The molecule has 0 atom stereocenters. The normalized spacial score (nSPS) is 12.7. The van der Waals surface area contributed by atoms with E-state index >= 15 is 0 Å². The van der Waals surface area contributed by atoms with E-state index in [0.29, 0.717) is 17.4 Å². The maximum Gasteiger partial charge on any atom is 0.320 e. The van der Waals surface area contributed by atoms with Crippen LogP contribution in [0.25, 0.3) is 10.8 Å². The van der Waals surface area contributed by atoms with Gasteiger partial charge in [0.1, 0.15) is 9.79 Å². The van der Waals surface area contributed by atoms with Crippen molar-refractivity contribution in [1.29, 1.82) is 0 Å². The van der Waals surface area contributed by atoms with Gasteiger partial charge in [-0.1, -0.05) is 6.07 Å². The molecule has 0 aliphatic heterocycles. The van der Waals surface area contributed by atoms with Crippen LogP contribution in [0.15, 0.2) is 137 Å². The van der Waals surface area contributed by atoms with Crippen molar-refractivity contribution >= 4 is 97.3 Å². The van der Waals surface area contributed by atoms with Crippen molar-refractivity contribution in [2.24, 2.45) is 20.5 Å². The molecule has 0 amide bonds. The highest BCUT2D eigenvalue weighted by Gasteiger charge is 2.21. The number of hydrogen-bond acceptors (Lipinski definition) is 18. The molecule has 0 unspecified atom stereocenters. The van der Waals surface area contributed by atoms with E-state index in [9.17, 15) is 52.4 Å². The summed E-state index contributed by atoms with van der Waals surface area (Å²) in [4.78, 5) is 9.06. The third-order valence-corrected chi connectivity index (χ3v) is 10.9. The first-order chi connectivity index (χ1) is 26.6. The van der Waals surface area contributed by atoms with Crippen molar-refractivity contribution in [2.75, 3.05) is 10.6 Å². The summed E-state index contributed by atoms with van der Waals surface area (Å²) in [6.45, 7) is 0. The standard InChI is InChI=1S/C31H23N9O13S4/c41-31-35-29(34-30(36-31)33-26-12-9-22(15-28(26)57(51,52)53)40-38-20-7-10-23(11-8-20)54(42,43)44)32-18-3-5-19(6-4-18)37-39-21-2-1-17-13-24(55(45,46)47)16-27(25(17)14-21)56(48,49)50/h1-16H,(H,42,43,44)(H,45,46,47)(H,48,49,50)(H,51,52,53)(H3,32,33,34,35,36,41). The molecule has 26 heteroatoms. The Morgan fingerprint density at radius 2 is 0.947 bits per heavy atom. The second-order valence-corrected chi connectivity index (χ2v) is 17.0. The molecule has 22 nitrogen and oxygen atoms in total. The Bertz CT molecular complexity index is 3080. The van der Waals surface area contributed by atoms with Gasteiger partial charge >= 0.3 is 6.01 Å². The Hall–Kier alpha value is -6.39. The molecular weight excluding hydrogens is 835 g/mol. The summed E-state index contributed by atoms with van der Waals surface area (Å²) in [6.07, 6.45) is 0. The minimum absolute atomic E-state index is 0.0451. The molecule has 1 heterocycles. The van der Waals surface area contributed by atoms with E-state index < -0.39 is 61.2 Å². The Kier molecular flexibility index (Phi) is 10.8. The molecule has 7 N–H and O–H groups in total. The van der Waals surface area contributed by atoms with Crippen LogP contribution in [0.5, 0.6) is 6.01 Å². The minimum Gasteiger partial charge on any atom is -0.479 e. The van der Waals surface area contributed by atoms with Crippen molar-refractivity contribution in [3.8, 4) is 6.01 Å². The summed E-state index contributed by atoms with van der Waals surface area (Å²) in [5.41, 5.74) is 0.664. The van der Waals surface area contributed by atoms with Gasteiger partial charge in [0, 0.05) is 11.1 Å². The summed E-state index contributed by atoms with van der Waals surface area (Å²) in [7, 11) is -19.0. The molecule has 6 aromatic rings. The lowest BCUT2D eigenvalue weighted by atomic mass is 10.1. The van der Waals surface area contributed by atoms with Crippen LogP contribution in [0.3, 0.4) is 0 Å². The number of anilines is 4. The fraction of sp³-hybridized carbons (Fsp3) is 0. The van der Waals surface area contributed by atoms with Crippen molar-refractivity contribution in [2.45, 2.75) is 19.6 Å². The van der Waals surface area contributed by atoms with Gasteiger partial charge in [-0.2, -0.15) is 69.1 Å². The predicted molar refractivity (Wildman–Crippen MR) is 199 cm³/mol. The molecule has 5 aromatic carbocycles. The largest absolute Gasteiger partial charge is 0.479 e. The number of rotatable bonds is 12. The van der Waals surface area contributed by atoms with Crippen LogP contribution in [-0.4, -0.2) is 71.9 Å². The molecule has 0 spiro atoms. The van der Waals surface area contributed by atoms with Crippen LogP contribution in [0, 0.1) is 0 Å². The minimum atomic E-state index is -4.92. The van der Waals surface area contributed by atoms with Crippen molar-refractivity contribution in [1.82, 2.24) is 15.0 Å². The lowest BCUT2D eigenvalue weighted by molar-refractivity contribution is 0.430. The van der Waals surface area contributed by atoms with Crippen molar-refractivity contribution in [3.63, 3.8) is 0 Å². The average Bonchev–Trinajstić information content (AvgIpc) is 3.12. The number of benzene rings is 5. The summed E-state index contributed by atoms with van der Waals surface area (Å²) in [6, 6.07) is 18.9. The van der Waals surface area contributed by atoms with Crippen LogP contribution in [0.1, 0.15) is 0 Å². The molecule has 0 saturated carbocycles. The zero-order valence-electron chi connectivity index (χ0n) is 28.0. The third kappa shape index (κ3) is 10.1. The number of nitrogens with zero attached hydrogens (tertiary/aromatic N) is 7. The van der Waals surface area contributed by atoms with Crippen molar-refractivity contribution in [3.05, 3.63) is 97.1 Å². The van der Waals surface area contributed by atoms with Gasteiger partial charge in [0.25, 0.3) is 40.5 Å². The number of fused-ring (bicyclic) bond motifs is 1. The highest BCUT2D eigenvalue weighted by Crippen LogP contribution is 2.33. The molecule has 0 fully saturated rings. The van der Waals surface area contributed by atoms with E-state index in [2.05, 4.69) is 46.0 Å². The fourth-order valence-corrected chi connectivity index (χ4v) is 7.35. The first-order valence-electron chi connectivity index (χ1n) is 15.3. The lowest BCUT2D eigenvalue weighted by Crippen LogP contribution is -2.07. The van der Waals surface area contributed by atoms with Gasteiger partial charge in [-0.25, -0.2) is 0 Å². The molecule has 6 rings (SSSR count). The number of aromatic nitrogens is 3. The van der Waals surface area contributed by atoms with Gasteiger partial charge in [-0.05, 0) is 96.4 Å². The van der Waals surface area contributed by atoms with E-state index in [0.717, 1.165) is 24.3 Å². The van der Waals surface area contributed by atoms with Crippen LogP contribution in [-0.2, 0) is 40.5 Å². The Morgan fingerprint density at radius 1 is 0.456 bits per heavy atom. The first kappa shape index (κ1) is 40.3. The third-order valence-electron chi connectivity index (χ3n) is 7.38. The quantitative estimate of drug-likeness (QED) is 0.0545. The van der Waals surface area contributed by atoms with Gasteiger partial charge in [0.2, 0.25) is 11.9 Å². The second kappa shape index (κ2) is 15.3. The second-order valence-electron chi connectivity index (χ2n) is 11.4. The molecule has 0 radical (unpaired) electrons. The van der Waals surface area contributed by atoms with E-state index in [1.807, 2.05) is 0 Å². The van der Waals surface area contributed by atoms with Gasteiger partial charge in [-0.15, -0.1) is 0 Å². The van der Waals surface area contributed by atoms with Gasteiger partial charge < -0.3 is 15.7 Å². The molecule has 0 bridgehead atoms. The molecular formula is C31H23N9O13S4. The lowest BCUT2D eigenvalue weighted by Gasteiger charge is -2.11. The summed E-state index contributed by atoms with van der Waals surface area (Å²) in [5.74, 6) is -0.559. The van der Waals surface area contributed by atoms with E-state index in [1.54, 1.807) is 0 Å². The van der Waals surface area contributed by atoms with E-state index in [4.69, 9.17) is 4.55 Å². The van der Waals surface area contributed by atoms with Gasteiger partial charge in [-0.3, -0.25) is 18.2 Å². The highest BCUT2D eigenvalue weighted by molar-refractivity contribution is 7.87. The Labute approximate surface area is 321 Å². The number of aromatic hydroxyl groups is 1. The molecule has 0 saturated heterocycles. The monoisotopic (exact) mass is 857 g/mol. The summed E-state index contributed by atoms with van der Waals surface area (Å²) in [5, 5.41) is 31.4. The smallest absolute Gasteiger partial charge is 0.320 e. The van der Waals surface area contributed by atoms with Crippen molar-refractivity contribution < 1.29 is 57.0 Å². The molecule has 1 aromatic heterocycles. The summed E-state index contributed by atoms with van der Waals surface area (Å²) < 4.78 is 132. The SMILES string of the molecule is O=S(=O)(O)c1ccc(N=Nc2ccc(Nc3nc(O)nc(Nc4ccc(N=Nc5ccc6cc(S(=O)(=O)O)cc(S(=O)(=O)O)c6c5)cc4)n3)c(S(=O)(=O)O)c2)cc1. The molecule has 0 aliphatic carbocycles. The first-order valence-corrected chi connectivity index (χ1v) is 21.0. The maximum atomic E-state index is 12.3. The van der Waals surface area contributed by atoms with Crippen LogP contribution < -0.4 is 10.6 Å². The summed E-state index contributed by atoms with van der Waals surface area (Å²) >= 11 is 0. The van der Waals surface area contributed by atoms with Gasteiger partial charge in [0.05, 0.1) is 38.2 Å². The predicted octanol–water partition coefficient (Wildman–Crippen LogP) is 6.04. The highest BCUT2D eigenvalue weighted by atomic mass is 32.2. The number of azo groups is 2. The maximum absolute atomic E-state index is 12.3.